The van der Waals surface area contributed by atoms with Gasteiger partial charge in [-0.3, -0.25) is 0 Å². The summed E-state index contributed by atoms with van der Waals surface area (Å²) in [6.07, 6.45) is 0. The van der Waals surface area contributed by atoms with Crippen molar-refractivity contribution < 1.29 is 0 Å². The summed E-state index contributed by atoms with van der Waals surface area (Å²) < 4.78 is 1.04. The molecule has 1 unspecified atom stereocenters. The van der Waals surface area contributed by atoms with Gasteiger partial charge in [0.25, 0.3) is 0 Å². The molecule has 2 aromatic rings. The first-order chi connectivity index (χ1) is 11.7. The van der Waals surface area contributed by atoms with Crippen LogP contribution in [0.5, 0.6) is 0 Å². The summed E-state index contributed by atoms with van der Waals surface area (Å²) in [6, 6.07) is 14.0. The molecule has 24 heavy (non-hydrogen) atoms. The standard InChI is InChI=1S/C18H21BrN4O/c1-13(14-3-2-4-15(19)11-14)21-18-12-16(5-6-17(18)22-24)23-9-7-20-8-10-23/h2-6,11-13,20-21H,7-10H2,1H3. The third kappa shape index (κ3) is 3.94. The Balaban J connectivity index is 1.83. The van der Waals surface area contributed by atoms with Crippen molar-refractivity contribution in [3.05, 3.63) is 57.4 Å². The average Bonchev–Trinajstić information content (AvgIpc) is 2.62. The first-order valence-electron chi connectivity index (χ1n) is 8.12. The van der Waals surface area contributed by atoms with Gasteiger partial charge in [0.2, 0.25) is 0 Å². The lowest BCUT2D eigenvalue weighted by Gasteiger charge is -2.30. The van der Waals surface area contributed by atoms with E-state index < -0.39 is 0 Å². The molecule has 3 rings (SSSR count). The molecule has 0 radical (unpaired) electrons. The molecule has 0 bridgehead atoms. The zero-order valence-electron chi connectivity index (χ0n) is 13.6. The highest BCUT2D eigenvalue weighted by atomic mass is 79.9. The molecule has 0 amide bonds. The van der Waals surface area contributed by atoms with Crippen molar-refractivity contribution in [3.8, 4) is 0 Å². The molecule has 0 saturated carbocycles. The van der Waals surface area contributed by atoms with Crippen LogP contribution in [0.25, 0.3) is 0 Å². The molecule has 1 aliphatic heterocycles. The Morgan fingerprint density at radius 2 is 2.00 bits per heavy atom. The second kappa shape index (κ2) is 7.77. The summed E-state index contributed by atoms with van der Waals surface area (Å²) in [5.74, 6) is 0. The number of rotatable bonds is 5. The van der Waals surface area contributed by atoms with Crippen LogP contribution in [0, 0.1) is 4.91 Å². The Morgan fingerprint density at radius 1 is 1.21 bits per heavy atom. The number of benzene rings is 2. The third-order valence-electron chi connectivity index (χ3n) is 4.28. The van der Waals surface area contributed by atoms with Gasteiger partial charge in [0.1, 0.15) is 5.69 Å². The maximum atomic E-state index is 11.2. The predicted octanol–water partition coefficient (Wildman–Crippen LogP) is 4.43. The molecule has 2 aromatic carbocycles. The fraction of sp³-hybridized carbons (Fsp3) is 0.333. The molecular weight excluding hydrogens is 368 g/mol. The molecule has 126 valence electrons. The monoisotopic (exact) mass is 388 g/mol. The van der Waals surface area contributed by atoms with Gasteiger partial charge < -0.3 is 15.5 Å². The quantitative estimate of drug-likeness (QED) is 0.743. The lowest BCUT2D eigenvalue weighted by molar-refractivity contribution is 0.589. The Labute approximate surface area is 150 Å². The van der Waals surface area contributed by atoms with Crippen LogP contribution in [0.3, 0.4) is 0 Å². The second-order valence-corrected chi connectivity index (χ2v) is 6.87. The van der Waals surface area contributed by atoms with Crippen LogP contribution in [0.15, 0.2) is 52.1 Å². The molecule has 0 aromatic heterocycles. The van der Waals surface area contributed by atoms with Gasteiger partial charge in [-0.05, 0) is 48.0 Å². The molecule has 1 fully saturated rings. The summed E-state index contributed by atoms with van der Waals surface area (Å²) in [5, 5.41) is 9.95. The SMILES string of the molecule is CC(Nc1cc(N2CCNCC2)ccc1N=O)c1cccc(Br)c1. The van der Waals surface area contributed by atoms with Crippen LogP contribution in [0.1, 0.15) is 18.5 Å². The third-order valence-corrected chi connectivity index (χ3v) is 4.77. The zero-order valence-corrected chi connectivity index (χ0v) is 15.2. The van der Waals surface area contributed by atoms with E-state index in [0.717, 1.165) is 47.6 Å². The van der Waals surface area contributed by atoms with Gasteiger partial charge in [-0.25, -0.2) is 0 Å². The first-order valence-corrected chi connectivity index (χ1v) is 8.92. The van der Waals surface area contributed by atoms with Crippen molar-refractivity contribution in [2.75, 3.05) is 36.4 Å². The van der Waals surface area contributed by atoms with Gasteiger partial charge in [-0.1, -0.05) is 28.1 Å². The number of nitrogens with zero attached hydrogens (tertiary/aromatic N) is 2. The Morgan fingerprint density at radius 3 is 2.71 bits per heavy atom. The molecular formula is C18H21BrN4O. The summed E-state index contributed by atoms with van der Waals surface area (Å²) in [6.45, 7) is 5.96. The normalized spacial score (nSPS) is 15.8. The molecule has 1 saturated heterocycles. The summed E-state index contributed by atoms with van der Waals surface area (Å²) >= 11 is 3.50. The van der Waals surface area contributed by atoms with Crippen molar-refractivity contribution in [1.29, 1.82) is 0 Å². The topological polar surface area (TPSA) is 56.7 Å². The molecule has 6 heteroatoms. The van der Waals surface area contributed by atoms with Crippen LogP contribution in [0.4, 0.5) is 17.1 Å². The van der Waals surface area contributed by atoms with Crippen molar-refractivity contribution in [3.63, 3.8) is 0 Å². The molecule has 0 spiro atoms. The lowest BCUT2D eigenvalue weighted by Crippen LogP contribution is -2.43. The van der Waals surface area contributed by atoms with Gasteiger partial charge in [0, 0.05) is 42.4 Å². The van der Waals surface area contributed by atoms with Crippen LogP contribution >= 0.6 is 15.9 Å². The van der Waals surface area contributed by atoms with Crippen LogP contribution in [-0.4, -0.2) is 26.2 Å². The van der Waals surface area contributed by atoms with E-state index in [1.165, 1.54) is 0 Å². The van der Waals surface area contributed by atoms with Crippen LogP contribution in [-0.2, 0) is 0 Å². The Kier molecular flexibility index (Phi) is 5.48. The second-order valence-electron chi connectivity index (χ2n) is 5.95. The molecule has 1 aliphatic rings. The average molecular weight is 389 g/mol. The van der Waals surface area contributed by atoms with Gasteiger partial charge in [-0.15, -0.1) is 4.91 Å². The molecule has 2 N–H and O–H groups in total. The fourth-order valence-corrected chi connectivity index (χ4v) is 3.35. The highest BCUT2D eigenvalue weighted by Gasteiger charge is 2.15. The first kappa shape index (κ1) is 16.9. The number of nitrogens with one attached hydrogen (secondary N) is 2. The van der Waals surface area contributed by atoms with Crippen molar-refractivity contribution in [1.82, 2.24) is 5.32 Å². The lowest BCUT2D eigenvalue weighted by atomic mass is 10.1. The van der Waals surface area contributed by atoms with E-state index >= 15 is 0 Å². The van der Waals surface area contributed by atoms with Gasteiger partial charge in [0.15, 0.2) is 0 Å². The minimum Gasteiger partial charge on any atom is -0.377 e. The summed E-state index contributed by atoms with van der Waals surface area (Å²) in [7, 11) is 0. The number of nitroso groups, excluding NO2 is 1. The number of anilines is 2. The fourth-order valence-electron chi connectivity index (χ4n) is 2.93. The van der Waals surface area contributed by atoms with Crippen molar-refractivity contribution in [2.24, 2.45) is 5.18 Å². The van der Waals surface area contributed by atoms with Gasteiger partial charge >= 0.3 is 0 Å². The largest absolute Gasteiger partial charge is 0.377 e. The molecule has 1 atom stereocenters. The molecule has 5 nitrogen and oxygen atoms in total. The summed E-state index contributed by atoms with van der Waals surface area (Å²) in [5.41, 5.74) is 3.48. The number of piperazine rings is 1. The van der Waals surface area contributed by atoms with E-state index in [0.29, 0.717) is 5.69 Å². The van der Waals surface area contributed by atoms with E-state index in [-0.39, 0.29) is 6.04 Å². The molecule has 0 aliphatic carbocycles. The smallest absolute Gasteiger partial charge is 0.131 e. The zero-order chi connectivity index (χ0) is 16.9. The Hall–Kier alpha value is -1.92. The van der Waals surface area contributed by atoms with Crippen LogP contribution in [0.2, 0.25) is 0 Å². The van der Waals surface area contributed by atoms with E-state index in [1.807, 2.05) is 24.3 Å². The minimum absolute atomic E-state index is 0.0706. The van der Waals surface area contributed by atoms with Crippen molar-refractivity contribution in [2.45, 2.75) is 13.0 Å². The highest BCUT2D eigenvalue weighted by Crippen LogP contribution is 2.33. The Bertz CT molecular complexity index is 716. The molecule has 1 heterocycles. The van der Waals surface area contributed by atoms with Crippen LogP contribution < -0.4 is 15.5 Å². The van der Waals surface area contributed by atoms with Crippen molar-refractivity contribution >= 4 is 33.0 Å². The maximum absolute atomic E-state index is 11.2. The van der Waals surface area contributed by atoms with E-state index in [2.05, 4.69) is 55.7 Å². The summed E-state index contributed by atoms with van der Waals surface area (Å²) in [4.78, 5) is 13.5. The number of hydrogen-bond donors (Lipinski definition) is 2. The predicted molar refractivity (Wildman–Crippen MR) is 103 cm³/mol. The van der Waals surface area contributed by atoms with E-state index in [1.54, 1.807) is 6.07 Å². The van der Waals surface area contributed by atoms with E-state index in [4.69, 9.17) is 0 Å². The van der Waals surface area contributed by atoms with Gasteiger partial charge in [-0.2, -0.15) is 0 Å². The number of halogens is 1. The highest BCUT2D eigenvalue weighted by molar-refractivity contribution is 9.10. The minimum atomic E-state index is 0.0706. The van der Waals surface area contributed by atoms with E-state index in [9.17, 15) is 4.91 Å². The number of hydrogen-bond acceptors (Lipinski definition) is 5. The van der Waals surface area contributed by atoms with Gasteiger partial charge in [0.05, 0.1) is 5.69 Å². The maximum Gasteiger partial charge on any atom is 0.131 e.